The van der Waals surface area contributed by atoms with E-state index >= 15 is 0 Å². The number of hydrogen-bond acceptors (Lipinski definition) is 5. The third kappa shape index (κ3) is 5.57. The molecule has 0 saturated carbocycles. The Morgan fingerprint density at radius 1 is 1.24 bits per heavy atom. The Bertz CT molecular complexity index is 701. The van der Waals surface area contributed by atoms with E-state index in [2.05, 4.69) is 20.9 Å². The minimum absolute atomic E-state index is 0.161. The summed E-state index contributed by atoms with van der Waals surface area (Å²) in [6.45, 7) is 3.99. The summed E-state index contributed by atoms with van der Waals surface area (Å²) in [4.78, 5) is 23.6. The molecule has 2 rings (SSSR count). The third-order valence-electron chi connectivity index (χ3n) is 3.43. The van der Waals surface area contributed by atoms with Crippen molar-refractivity contribution in [3.63, 3.8) is 0 Å². The Hall–Kier alpha value is -2.94. The fraction of sp³-hybridized carbons (Fsp3) is 0.375. The topological polar surface area (TPSA) is 121 Å². The first-order valence-corrected chi connectivity index (χ1v) is 7.94. The molecule has 9 nitrogen and oxygen atoms in total. The predicted molar refractivity (Wildman–Crippen MR) is 89.9 cm³/mol. The fourth-order valence-corrected chi connectivity index (χ4v) is 2.25. The molecule has 0 spiro atoms. The van der Waals surface area contributed by atoms with Crippen molar-refractivity contribution in [2.45, 2.75) is 32.9 Å². The van der Waals surface area contributed by atoms with Crippen molar-refractivity contribution in [3.05, 3.63) is 42.2 Å². The summed E-state index contributed by atoms with van der Waals surface area (Å²) >= 11 is 0. The van der Waals surface area contributed by atoms with E-state index in [1.807, 2.05) is 44.2 Å². The van der Waals surface area contributed by atoms with E-state index < -0.39 is 18.0 Å². The number of benzene rings is 1. The van der Waals surface area contributed by atoms with Crippen molar-refractivity contribution in [2.75, 3.05) is 0 Å². The van der Waals surface area contributed by atoms with E-state index in [-0.39, 0.29) is 12.5 Å². The van der Waals surface area contributed by atoms with Gasteiger partial charge in [-0.3, -0.25) is 10.0 Å². The second-order valence-corrected chi connectivity index (χ2v) is 5.98. The second-order valence-electron chi connectivity index (χ2n) is 5.98. The summed E-state index contributed by atoms with van der Waals surface area (Å²) in [7, 11) is 0. The summed E-state index contributed by atoms with van der Waals surface area (Å²) < 4.78 is 1.61. The summed E-state index contributed by atoms with van der Waals surface area (Å²) in [5.74, 6) is -0.479. The summed E-state index contributed by atoms with van der Waals surface area (Å²) in [5.41, 5.74) is 3.00. The average molecular weight is 346 g/mol. The largest absolute Gasteiger partial charge is 0.332 e. The van der Waals surface area contributed by atoms with Gasteiger partial charge in [0.2, 0.25) is 0 Å². The maximum atomic E-state index is 12.0. The molecule has 1 aromatic heterocycles. The van der Waals surface area contributed by atoms with Gasteiger partial charge in [0.05, 0.1) is 18.4 Å². The van der Waals surface area contributed by atoms with E-state index in [1.54, 1.807) is 16.4 Å². The molecule has 1 aromatic carbocycles. The van der Waals surface area contributed by atoms with Crippen LogP contribution in [0.25, 0.3) is 5.69 Å². The smallest absolute Gasteiger partial charge is 0.315 e. The Morgan fingerprint density at radius 3 is 2.60 bits per heavy atom. The first kappa shape index (κ1) is 18.4. The van der Waals surface area contributed by atoms with Crippen LogP contribution in [-0.2, 0) is 11.3 Å². The van der Waals surface area contributed by atoms with Crippen LogP contribution in [0.5, 0.6) is 0 Å². The van der Waals surface area contributed by atoms with E-state index in [1.165, 1.54) is 0 Å². The molecule has 134 valence electrons. The maximum Gasteiger partial charge on any atom is 0.315 e. The number of rotatable bonds is 7. The predicted octanol–water partition coefficient (Wildman–Crippen LogP) is 0.987. The first-order valence-electron chi connectivity index (χ1n) is 7.94. The van der Waals surface area contributed by atoms with Crippen molar-refractivity contribution in [1.29, 1.82) is 0 Å². The number of nitrogens with one attached hydrogen (secondary N) is 3. The molecule has 9 heteroatoms. The molecule has 0 aliphatic heterocycles. The lowest BCUT2D eigenvalue weighted by atomic mass is 10.0. The zero-order valence-electron chi connectivity index (χ0n) is 14.1. The highest BCUT2D eigenvalue weighted by atomic mass is 16.5. The van der Waals surface area contributed by atoms with E-state index in [4.69, 9.17) is 5.21 Å². The summed E-state index contributed by atoms with van der Waals surface area (Å²) in [6.07, 6.45) is 2.12. The van der Waals surface area contributed by atoms with Gasteiger partial charge in [0, 0.05) is 0 Å². The van der Waals surface area contributed by atoms with E-state index in [0.717, 1.165) is 5.69 Å². The SMILES string of the molecule is CC(C)CC(NC(=O)NCc1cn(-c2ccccc2)nn1)C(=O)NO. The lowest BCUT2D eigenvalue weighted by molar-refractivity contribution is -0.131. The molecule has 2 aromatic rings. The van der Waals surface area contributed by atoms with Crippen LogP contribution in [0.1, 0.15) is 26.0 Å². The standard InChI is InChI=1S/C16H22N6O3/c1-11(2)8-14(15(23)20-25)18-16(24)17-9-12-10-22(21-19-12)13-6-4-3-5-7-13/h3-7,10-11,14,25H,8-9H2,1-2H3,(H,20,23)(H2,17,18,24). The number of carbonyl (C=O) groups excluding carboxylic acids is 2. The Morgan fingerprint density at radius 2 is 1.96 bits per heavy atom. The van der Waals surface area contributed by atoms with Gasteiger partial charge in [0.1, 0.15) is 11.7 Å². The van der Waals surface area contributed by atoms with Crippen LogP contribution >= 0.6 is 0 Å². The first-order chi connectivity index (χ1) is 12.0. The molecule has 0 aliphatic rings. The van der Waals surface area contributed by atoms with Gasteiger partial charge in [0.15, 0.2) is 0 Å². The molecule has 0 saturated heterocycles. The molecule has 0 fully saturated rings. The minimum atomic E-state index is -0.815. The van der Waals surface area contributed by atoms with Gasteiger partial charge in [-0.25, -0.2) is 15.0 Å². The third-order valence-corrected chi connectivity index (χ3v) is 3.43. The molecule has 1 heterocycles. The van der Waals surface area contributed by atoms with Crippen LogP contribution in [0.15, 0.2) is 36.5 Å². The van der Waals surface area contributed by atoms with Gasteiger partial charge in [-0.05, 0) is 24.5 Å². The quantitative estimate of drug-likeness (QED) is 0.440. The molecule has 0 radical (unpaired) electrons. The average Bonchev–Trinajstić information content (AvgIpc) is 3.08. The second kappa shape index (κ2) is 8.78. The Labute approximate surface area is 145 Å². The molecular formula is C16H22N6O3. The van der Waals surface area contributed by atoms with Crippen molar-refractivity contribution in [3.8, 4) is 5.69 Å². The van der Waals surface area contributed by atoms with Crippen LogP contribution in [0.3, 0.4) is 0 Å². The number of carbonyl (C=O) groups is 2. The zero-order chi connectivity index (χ0) is 18.2. The van der Waals surface area contributed by atoms with Gasteiger partial charge >= 0.3 is 6.03 Å². The highest BCUT2D eigenvalue weighted by Gasteiger charge is 2.21. The van der Waals surface area contributed by atoms with Crippen LogP contribution < -0.4 is 16.1 Å². The van der Waals surface area contributed by atoms with Crippen molar-refractivity contribution < 1.29 is 14.8 Å². The number of urea groups is 1. The zero-order valence-corrected chi connectivity index (χ0v) is 14.1. The number of nitrogens with zero attached hydrogens (tertiary/aromatic N) is 3. The molecule has 0 bridgehead atoms. The van der Waals surface area contributed by atoms with Gasteiger partial charge in [-0.15, -0.1) is 5.10 Å². The monoisotopic (exact) mass is 346 g/mol. The number of amides is 3. The highest BCUT2D eigenvalue weighted by molar-refractivity contribution is 5.86. The molecular weight excluding hydrogens is 324 g/mol. The van der Waals surface area contributed by atoms with Gasteiger partial charge < -0.3 is 10.6 Å². The molecule has 3 amide bonds. The van der Waals surface area contributed by atoms with Gasteiger partial charge in [-0.2, -0.15) is 0 Å². The summed E-state index contributed by atoms with van der Waals surface area (Å²) in [6, 6.07) is 8.13. The normalized spacial score (nSPS) is 11.8. The number of para-hydroxylation sites is 1. The number of hydroxylamine groups is 1. The van der Waals surface area contributed by atoms with Crippen molar-refractivity contribution >= 4 is 11.9 Å². The number of aromatic nitrogens is 3. The molecule has 0 aliphatic carbocycles. The van der Waals surface area contributed by atoms with E-state index in [0.29, 0.717) is 12.1 Å². The number of hydrogen-bond donors (Lipinski definition) is 4. The lowest BCUT2D eigenvalue weighted by Gasteiger charge is -2.18. The minimum Gasteiger partial charge on any atom is -0.332 e. The summed E-state index contributed by atoms with van der Waals surface area (Å²) in [5, 5.41) is 21.9. The van der Waals surface area contributed by atoms with Crippen LogP contribution in [0.2, 0.25) is 0 Å². The maximum absolute atomic E-state index is 12.0. The van der Waals surface area contributed by atoms with Gasteiger partial charge in [-0.1, -0.05) is 37.3 Å². The van der Waals surface area contributed by atoms with Gasteiger partial charge in [0.25, 0.3) is 5.91 Å². The van der Waals surface area contributed by atoms with Crippen LogP contribution in [0.4, 0.5) is 4.79 Å². The molecule has 4 N–H and O–H groups in total. The van der Waals surface area contributed by atoms with E-state index in [9.17, 15) is 9.59 Å². The molecule has 1 unspecified atom stereocenters. The lowest BCUT2D eigenvalue weighted by Crippen LogP contribution is -2.49. The van der Waals surface area contributed by atoms with Crippen molar-refractivity contribution in [2.24, 2.45) is 5.92 Å². The Balaban J connectivity index is 1.89. The van der Waals surface area contributed by atoms with Crippen molar-refractivity contribution in [1.82, 2.24) is 31.1 Å². The fourth-order valence-electron chi connectivity index (χ4n) is 2.25. The molecule has 25 heavy (non-hydrogen) atoms. The van der Waals surface area contributed by atoms with Crippen LogP contribution in [-0.4, -0.2) is 38.2 Å². The Kier molecular flexibility index (Phi) is 6.47. The molecule has 1 atom stereocenters. The van der Waals surface area contributed by atoms with Crippen LogP contribution in [0, 0.1) is 5.92 Å². The highest BCUT2D eigenvalue weighted by Crippen LogP contribution is 2.06.